The van der Waals surface area contributed by atoms with Crippen LogP contribution in [0.3, 0.4) is 0 Å². The van der Waals surface area contributed by atoms with Crippen molar-refractivity contribution in [2.45, 2.75) is 52.2 Å². The van der Waals surface area contributed by atoms with E-state index in [2.05, 4.69) is 45.9 Å². The van der Waals surface area contributed by atoms with Crippen molar-refractivity contribution >= 4 is 29.1 Å². The lowest BCUT2D eigenvalue weighted by atomic mass is 9.75. The summed E-state index contributed by atoms with van der Waals surface area (Å²) in [5.41, 5.74) is 4.08. The van der Waals surface area contributed by atoms with Gasteiger partial charge in [-0.05, 0) is 75.2 Å². The molecule has 1 aromatic carbocycles. The second-order valence-corrected chi connectivity index (χ2v) is 8.83. The normalized spacial score (nSPS) is 21.2. The summed E-state index contributed by atoms with van der Waals surface area (Å²) in [6.07, 6.45) is 2.97. The molecular formula is C22H28BNO4. The van der Waals surface area contributed by atoms with Gasteiger partial charge in [-0.3, -0.25) is 4.79 Å². The molecule has 0 unspecified atom stereocenters. The van der Waals surface area contributed by atoms with E-state index in [4.69, 9.17) is 14.0 Å². The van der Waals surface area contributed by atoms with Crippen LogP contribution in [-0.4, -0.2) is 36.1 Å². The number of nitrogens with zero attached hydrogens (tertiary/aromatic N) is 1. The molecule has 2 aliphatic heterocycles. The van der Waals surface area contributed by atoms with Crippen LogP contribution in [0.1, 0.15) is 45.2 Å². The number of rotatable bonds is 2. The van der Waals surface area contributed by atoms with E-state index in [0.717, 1.165) is 28.4 Å². The van der Waals surface area contributed by atoms with Gasteiger partial charge in [-0.15, -0.1) is 0 Å². The Morgan fingerprint density at radius 3 is 2.36 bits per heavy atom. The number of fused-ring (bicyclic) bond motifs is 1. The van der Waals surface area contributed by atoms with E-state index in [-0.39, 0.29) is 5.56 Å². The van der Waals surface area contributed by atoms with Gasteiger partial charge in [0.1, 0.15) is 0 Å². The van der Waals surface area contributed by atoms with Crippen molar-refractivity contribution in [2.24, 2.45) is 7.05 Å². The first kappa shape index (κ1) is 19.4. The highest BCUT2D eigenvalue weighted by Crippen LogP contribution is 2.37. The third-order valence-electron chi connectivity index (χ3n) is 6.40. The van der Waals surface area contributed by atoms with Crippen LogP contribution in [0, 0.1) is 6.92 Å². The zero-order chi connectivity index (χ0) is 20.3. The molecule has 6 heteroatoms. The van der Waals surface area contributed by atoms with Gasteiger partial charge in [0.2, 0.25) is 0 Å². The molecule has 0 saturated carbocycles. The molecule has 148 valence electrons. The Morgan fingerprint density at radius 2 is 1.75 bits per heavy atom. The Hall–Kier alpha value is -1.89. The largest absolute Gasteiger partial charge is 0.495 e. The topological polar surface area (TPSA) is 49.7 Å². The minimum Gasteiger partial charge on any atom is -0.399 e. The van der Waals surface area contributed by atoms with E-state index in [1.54, 1.807) is 4.57 Å². The molecule has 1 saturated heterocycles. The van der Waals surface area contributed by atoms with Crippen LogP contribution in [0.15, 0.2) is 29.1 Å². The molecule has 2 aliphatic rings. The molecule has 5 nitrogen and oxygen atoms in total. The number of ether oxygens (including phenoxy) is 1. The highest BCUT2D eigenvalue weighted by Gasteiger charge is 2.52. The van der Waals surface area contributed by atoms with Crippen molar-refractivity contribution in [2.75, 3.05) is 13.2 Å². The van der Waals surface area contributed by atoms with E-state index >= 15 is 0 Å². The number of aryl methyl sites for hydroxylation is 2. The number of aromatic nitrogens is 1. The molecule has 0 spiro atoms. The second kappa shape index (κ2) is 6.58. The lowest BCUT2D eigenvalue weighted by Crippen LogP contribution is -2.41. The van der Waals surface area contributed by atoms with Gasteiger partial charge >= 0.3 is 7.12 Å². The molecule has 1 aromatic heterocycles. The average molecular weight is 381 g/mol. The summed E-state index contributed by atoms with van der Waals surface area (Å²) in [6, 6.07) is 6.22. The second-order valence-electron chi connectivity index (χ2n) is 8.83. The highest BCUT2D eigenvalue weighted by molar-refractivity contribution is 6.65. The minimum atomic E-state index is -0.482. The molecule has 0 radical (unpaired) electrons. The molecule has 1 fully saturated rings. The van der Waals surface area contributed by atoms with Gasteiger partial charge in [0, 0.05) is 12.6 Å². The van der Waals surface area contributed by atoms with E-state index in [1.165, 1.54) is 5.57 Å². The average Bonchev–Trinajstić information content (AvgIpc) is 2.87. The van der Waals surface area contributed by atoms with Crippen LogP contribution in [0.25, 0.3) is 16.5 Å². The van der Waals surface area contributed by atoms with Gasteiger partial charge in [0.25, 0.3) is 5.56 Å². The first-order chi connectivity index (χ1) is 13.1. The lowest BCUT2D eigenvalue weighted by Gasteiger charge is -2.32. The smallest absolute Gasteiger partial charge is 0.399 e. The molecule has 0 bridgehead atoms. The van der Waals surface area contributed by atoms with Crippen LogP contribution in [-0.2, 0) is 21.1 Å². The summed E-state index contributed by atoms with van der Waals surface area (Å²) in [5, 5.41) is 0.995. The first-order valence-corrected chi connectivity index (χ1v) is 9.88. The van der Waals surface area contributed by atoms with E-state index < -0.39 is 18.3 Å². The maximum atomic E-state index is 12.6. The fourth-order valence-corrected chi connectivity index (χ4v) is 3.89. The number of hydrogen-bond acceptors (Lipinski definition) is 4. The fourth-order valence-electron chi connectivity index (χ4n) is 3.89. The van der Waals surface area contributed by atoms with Crippen LogP contribution < -0.4 is 11.0 Å². The predicted molar refractivity (Wildman–Crippen MR) is 113 cm³/mol. The summed E-state index contributed by atoms with van der Waals surface area (Å²) >= 11 is 0. The summed E-state index contributed by atoms with van der Waals surface area (Å²) in [4.78, 5) is 12.6. The molecule has 0 amide bonds. The van der Waals surface area contributed by atoms with Crippen LogP contribution >= 0.6 is 0 Å². The Bertz CT molecular complexity index is 1020. The summed E-state index contributed by atoms with van der Waals surface area (Å²) in [7, 11) is 1.35. The third-order valence-corrected chi connectivity index (χ3v) is 6.40. The Kier molecular flexibility index (Phi) is 4.57. The monoisotopic (exact) mass is 381 g/mol. The highest BCUT2D eigenvalue weighted by atomic mass is 16.7. The molecule has 28 heavy (non-hydrogen) atoms. The lowest BCUT2D eigenvalue weighted by molar-refractivity contribution is 0.00578. The first-order valence-electron chi connectivity index (χ1n) is 9.88. The zero-order valence-corrected chi connectivity index (χ0v) is 17.6. The van der Waals surface area contributed by atoms with Gasteiger partial charge in [0.05, 0.1) is 29.9 Å². The molecule has 0 N–H and O–H groups in total. The summed E-state index contributed by atoms with van der Waals surface area (Å²) in [6.45, 7) is 11.4. The molecule has 2 aromatic rings. The minimum absolute atomic E-state index is 0.0190. The van der Waals surface area contributed by atoms with Gasteiger partial charge in [-0.1, -0.05) is 12.1 Å². The van der Waals surface area contributed by atoms with Gasteiger partial charge in [-0.25, -0.2) is 0 Å². The van der Waals surface area contributed by atoms with E-state index in [9.17, 15) is 4.79 Å². The van der Waals surface area contributed by atoms with Crippen molar-refractivity contribution in [1.82, 2.24) is 4.57 Å². The quantitative estimate of drug-likeness (QED) is 0.751. The van der Waals surface area contributed by atoms with Crippen LogP contribution in [0.4, 0.5) is 0 Å². The van der Waals surface area contributed by atoms with Crippen LogP contribution in [0.5, 0.6) is 0 Å². The van der Waals surface area contributed by atoms with Crippen molar-refractivity contribution in [3.8, 4) is 0 Å². The van der Waals surface area contributed by atoms with Crippen molar-refractivity contribution in [3.63, 3.8) is 0 Å². The van der Waals surface area contributed by atoms with Crippen LogP contribution in [0.2, 0.25) is 0 Å². The SMILES string of the molecule is Cc1cc2c(B3OC(C)(C)C(C)(C)O3)cc(C3=CCOCC3)cc2n(C)c1=O. The maximum Gasteiger partial charge on any atom is 0.495 e. The van der Waals surface area contributed by atoms with Gasteiger partial charge in [-0.2, -0.15) is 0 Å². The number of benzene rings is 1. The molecule has 0 atom stereocenters. The molecule has 4 rings (SSSR count). The summed E-state index contributed by atoms with van der Waals surface area (Å²) < 4.78 is 19.9. The number of hydrogen-bond donors (Lipinski definition) is 0. The van der Waals surface area contributed by atoms with Crippen molar-refractivity contribution in [1.29, 1.82) is 0 Å². The number of pyridine rings is 1. The fraction of sp³-hybridized carbons (Fsp3) is 0.500. The van der Waals surface area contributed by atoms with E-state index in [1.807, 2.05) is 20.0 Å². The zero-order valence-electron chi connectivity index (χ0n) is 17.6. The standard InChI is InChI=1S/C22H28BNO4/c1-14-11-17-18(23-27-21(2,3)22(4,5)28-23)12-16(15-7-9-26-10-8-15)13-19(17)24(6)20(14)25/h7,11-13H,8-10H2,1-6H3. The third kappa shape index (κ3) is 3.04. The predicted octanol–water partition coefficient (Wildman–Crippen LogP) is 2.95. The maximum absolute atomic E-state index is 12.6. The molecular weight excluding hydrogens is 353 g/mol. The Morgan fingerprint density at radius 1 is 1.07 bits per heavy atom. The Labute approximate surface area is 166 Å². The molecule has 0 aliphatic carbocycles. The Balaban J connectivity index is 1.96. The van der Waals surface area contributed by atoms with Crippen molar-refractivity contribution < 1.29 is 14.0 Å². The van der Waals surface area contributed by atoms with Gasteiger partial charge < -0.3 is 18.6 Å². The van der Waals surface area contributed by atoms with E-state index in [0.29, 0.717) is 18.8 Å². The molecule has 3 heterocycles. The van der Waals surface area contributed by atoms with Crippen molar-refractivity contribution in [3.05, 3.63) is 45.8 Å². The van der Waals surface area contributed by atoms with Gasteiger partial charge in [0.15, 0.2) is 0 Å². The summed E-state index contributed by atoms with van der Waals surface area (Å²) in [5.74, 6) is 0.